The maximum Gasteiger partial charge on any atom is 0.176 e. The second kappa shape index (κ2) is 5.95. The zero-order valence-electron chi connectivity index (χ0n) is 9.02. The van der Waals surface area contributed by atoms with E-state index in [1.54, 1.807) is 36.8 Å². The molecule has 1 aromatic carbocycles. The topological polar surface area (TPSA) is 49.8 Å². The number of aromatic nitrogens is 2. The van der Waals surface area contributed by atoms with Crippen molar-refractivity contribution in [1.82, 2.24) is 9.97 Å². The molecule has 0 unspecified atom stereocenters. The minimum Gasteiger partial charge on any atom is -0.330 e. The summed E-state index contributed by atoms with van der Waals surface area (Å²) < 4.78 is 0. The van der Waals surface area contributed by atoms with E-state index in [1.807, 2.05) is 0 Å². The van der Waals surface area contributed by atoms with E-state index in [1.165, 1.54) is 0 Å². The smallest absolute Gasteiger partial charge is 0.176 e. The zero-order valence-corrected chi connectivity index (χ0v) is 11.4. The lowest BCUT2D eigenvalue weighted by Crippen LogP contribution is -2.20. The van der Waals surface area contributed by atoms with Gasteiger partial charge in [-0.25, -0.2) is 4.98 Å². The Balaban J connectivity index is 2.08. The number of nitrogens with one attached hydrogen (secondary N) is 2. The maximum atomic E-state index is 6.01. The first kappa shape index (κ1) is 13.0. The van der Waals surface area contributed by atoms with Crippen molar-refractivity contribution in [3.8, 4) is 0 Å². The molecular formula is C11H8Cl2N4S. The van der Waals surface area contributed by atoms with Gasteiger partial charge in [-0.3, -0.25) is 4.98 Å². The molecule has 2 rings (SSSR count). The van der Waals surface area contributed by atoms with Crippen LogP contribution in [0, 0.1) is 0 Å². The number of rotatable bonds is 2. The van der Waals surface area contributed by atoms with Crippen LogP contribution in [0.1, 0.15) is 0 Å². The predicted molar refractivity (Wildman–Crippen MR) is 78.3 cm³/mol. The number of para-hydroxylation sites is 1. The van der Waals surface area contributed by atoms with Gasteiger partial charge < -0.3 is 10.6 Å². The Morgan fingerprint density at radius 3 is 2.44 bits per heavy atom. The highest BCUT2D eigenvalue weighted by Gasteiger charge is 2.07. The number of thiocarbonyl (C=S) groups is 1. The first-order valence-electron chi connectivity index (χ1n) is 4.95. The summed E-state index contributed by atoms with van der Waals surface area (Å²) >= 11 is 17.2. The highest BCUT2D eigenvalue weighted by Crippen LogP contribution is 2.29. The van der Waals surface area contributed by atoms with Gasteiger partial charge in [0, 0.05) is 12.4 Å². The molecule has 0 spiro atoms. The van der Waals surface area contributed by atoms with Crippen molar-refractivity contribution in [2.24, 2.45) is 0 Å². The summed E-state index contributed by atoms with van der Waals surface area (Å²) in [7, 11) is 0. The predicted octanol–water partition coefficient (Wildman–Crippen LogP) is 3.59. The molecule has 92 valence electrons. The van der Waals surface area contributed by atoms with Crippen molar-refractivity contribution in [3.05, 3.63) is 46.8 Å². The molecule has 1 heterocycles. The summed E-state index contributed by atoms with van der Waals surface area (Å²) in [6, 6.07) is 5.20. The van der Waals surface area contributed by atoms with Crippen LogP contribution >= 0.6 is 35.4 Å². The molecule has 0 bridgehead atoms. The molecule has 0 saturated heterocycles. The highest BCUT2D eigenvalue weighted by atomic mass is 35.5. The maximum absolute atomic E-state index is 6.01. The van der Waals surface area contributed by atoms with Gasteiger partial charge >= 0.3 is 0 Å². The van der Waals surface area contributed by atoms with Crippen molar-refractivity contribution in [2.45, 2.75) is 0 Å². The summed E-state index contributed by atoms with van der Waals surface area (Å²) in [5.41, 5.74) is 0.558. The molecule has 0 aliphatic rings. The van der Waals surface area contributed by atoms with Crippen molar-refractivity contribution < 1.29 is 0 Å². The van der Waals surface area contributed by atoms with Crippen LogP contribution in [0.4, 0.5) is 11.5 Å². The molecule has 0 fully saturated rings. The highest BCUT2D eigenvalue weighted by molar-refractivity contribution is 7.80. The van der Waals surface area contributed by atoms with E-state index >= 15 is 0 Å². The Kier molecular flexibility index (Phi) is 4.30. The largest absolute Gasteiger partial charge is 0.330 e. The summed E-state index contributed by atoms with van der Waals surface area (Å²) in [5, 5.41) is 7.11. The van der Waals surface area contributed by atoms with Crippen LogP contribution in [-0.4, -0.2) is 15.1 Å². The summed E-state index contributed by atoms with van der Waals surface area (Å²) in [5.74, 6) is 0.540. The van der Waals surface area contributed by atoms with Crippen LogP contribution in [0.5, 0.6) is 0 Å². The molecule has 2 aromatic rings. The number of hydrogen-bond donors (Lipinski definition) is 2. The van der Waals surface area contributed by atoms with Crippen LogP contribution < -0.4 is 10.6 Å². The van der Waals surface area contributed by atoms with E-state index in [4.69, 9.17) is 35.4 Å². The molecule has 2 N–H and O–H groups in total. The Labute approximate surface area is 119 Å². The summed E-state index contributed by atoms with van der Waals surface area (Å²) in [6.45, 7) is 0. The zero-order chi connectivity index (χ0) is 13.0. The van der Waals surface area contributed by atoms with E-state index < -0.39 is 0 Å². The normalized spacial score (nSPS) is 9.89. The van der Waals surface area contributed by atoms with Gasteiger partial charge in [-0.1, -0.05) is 29.3 Å². The molecule has 0 atom stereocenters. The molecule has 7 heteroatoms. The Morgan fingerprint density at radius 2 is 1.83 bits per heavy atom. The van der Waals surface area contributed by atoms with E-state index in [2.05, 4.69) is 20.6 Å². The summed E-state index contributed by atoms with van der Waals surface area (Å²) in [6.07, 6.45) is 4.70. The molecule has 0 aliphatic carbocycles. The fourth-order valence-corrected chi connectivity index (χ4v) is 1.94. The third kappa shape index (κ3) is 3.29. The number of halogens is 2. The van der Waals surface area contributed by atoms with Crippen molar-refractivity contribution in [2.75, 3.05) is 10.6 Å². The standard InChI is InChI=1S/C11H8Cl2N4S/c12-7-2-1-3-8(13)10(7)17-11(18)16-9-6-14-4-5-15-9/h1-6H,(H2,15,16,17,18). The van der Waals surface area contributed by atoms with Crippen molar-refractivity contribution in [1.29, 1.82) is 0 Å². The molecule has 0 aliphatic heterocycles. The second-order valence-electron chi connectivity index (χ2n) is 3.27. The molecule has 0 saturated carbocycles. The lowest BCUT2D eigenvalue weighted by atomic mass is 10.3. The quantitative estimate of drug-likeness (QED) is 0.830. The van der Waals surface area contributed by atoms with Crippen LogP contribution in [0.15, 0.2) is 36.8 Å². The second-order valence-corrected chi connectivity index (χ2v) is 4.49. The Morgan fingerprint density at radius 1 is 1.11 bits per heavy atom. The first-order valence-corrected chi connectivity index (χ1v) is 6.11. The third-order valence-corrected chi connectivity index (χ3v) is 2.84. The molecular weight excluding hydrogens is 291 g/mol. The van der Waals surface area contributed by atoms with Crippen LogP contribution in [-0.2, 0) is 0 Å². The Hall–Kier alpha value is -1.43. The molecule has 1 aromatic heterocycles. The fourth-order valence-electron chi connectivity index (χ4n) is 1.24. The van der Waals surface area contributed by atoms with Gasteiger partial charge in [-0.05, 0) is 24.4 Å². The van der Waals surface area contributed by atoms with Gasteiger partial charge in [0.25, 0.3) is 0 Å². The Bertz CT molecular complexity index is 542. The number of benzene rings is 1. The van der Waals surface area contributed by atoms with Gasteiger partial charge in [0.15, 0.2) is 10.9 Å². The number of hydrogen-bond acceptors (Lipinski definition) is 3. The third-order valence-electron chi connectivity index (χ3n) is 2.01. The molecule has 0 radical (unpaired) electrons. The van der Waals surface area contributed by atoms with Crippen molar-refractivity contribution >= 4 is 52.0 Å². The van der Waals surface area contributed by atoms with Crippen LogP contribution in [0.25, 0.3) is 0 Å². The van der Waals surface area contributed by atoms with E-state index in [0.717, 1.165) is 0 Å². The minimum absolute atomic E-state index is 0.338. The van der Waals surface area contributed by atoms with E-state index in [-0.39, 0.29) is 0 Å². The van der Waals surface area contributed by atoms with Gasteiger partial charge in [-0.15, -0.1) is 0 Å². The van der Waals surface area contributed by atoms with Gasteiger partial charge in [0.05, 0.1) is 21.9 Å². The average Bonchev–Trinajstić information content (AvgIpc) is 2.35. The van der Waals surface area contributed by atoms with E-state index in [9.17, 15) is 0 Å². The molecule has 4 nitrogen and oxygen atoms in total. The number of anilines is 2. The SMILES string of the molecule is S=C(Nc1cnccn1)Nc1c(Cl)cccc1Cl. The van der Waals surface area contributed by atoms with Crippen LogP contribution in [0.3, 0.4) is 0 Å². The van der Waals surface area contributed by atoms with Crippen LogP contribution in [0.2, 0.25) is 10.0 Å². The molecule has 18 heavy (non-hydrogen) atoms. The minimum atomic E-state index is 0.338. The van der Waals surface area contributed by atoms with Gasteiger partial charge in [0.1, 0.15) is 0 Å². The monoisotopic (exact) mass is 298 g/mol. The fraction of sp³-hybridized carbons (Fsp3) is 0. The average molecular weight is 299 g/mol. The van der Waals surface area contributed by atoms with Gasteiger partial charge in [-0.2, -0.15) is 0 Å². The lowest BCUT2D eigenvalue weighted by Gasteiger charge is -2.12. The summed E-state index contributed by atoms with van der Waals surface area (Å²) in [4.78, 5) is 7.95. The van der Waals surface area contributed by atoms with Crippen molar-refractivity contribution in [3.63, 3.8) is 0 Å². The number of nitrogens with zero attached hydrogens (tertiary/aromatic N) is 2. The lowest BCUT2D eigenvalue weighted by molar-refractivity contribution is 1.21. The van der Waals surface area contributed by atoms with Gasteiger partial charge in [0.2, 0.25) is 0 Å². The van der Waals surface area contributed by atoms with E-state index in [0.29, 0.717) is 26.7 Å². The first-order chi connectivity index (χ1) is 8.66. The molecule has 0 amide bonds.